The van der Waals surface area contributed by atoms with Gasteiger partial charge in [0.25, 0.3) is 5.91 Å². The van der Waals surface area contributed by atoms with E-state index < -0.39 is 10.0 Å². The highest BCUT2D eigenvalue weighted by atomic mass is 32.2. The number of H-pyrrole nitrogens is 1. The fraction of sp³-hybridized carbons (Fsp3) is 0.667. The van der Waals surface area contributed by atoms with Gasteiger partial charge in [-0.1, -0.05) is 0 Å². The second kappa shape index (κ2) is 6.83. The molecular formula is C15H23N3O5S. The van der Waals surface area contributed by atoms with Crippen LogP contribution in [0.4, 0.5) is 0 Å². The summed E-state index contributed by atoms with van der Waals surface area (Å²) in [4.78, 5) is 17.2. The standard InChI is InChI=1S/C15H23N3O5S/c1-11-9-17(10-12(2)23-11)15(19)14-7-13(8-16-14)24(20,21)18-3-5-22-6-4-18/h7-8,11-12,16H,3-6,9-10H2,1-2H3/t11-,12-/m1/s1. The summed E-state index contributed by atoms with van der Waals surface area (Å²) in [6.45, 7) is 6.25. The molecule has 0 saturated carbocycles. The minimum Gasteiger partial charge on any atom is -0.379 e. The quantitative estimate of drug-likeness (QED) is 0.839. The van der Waals surface area contributed by atoms with Gasteiger partial charge in [-0.3, -0.25) is 4.79 Å². The Balaban J connectivity index is 1.76. The molecule has 0 aliphatic carbocycles. The number of sulfonamides is 1. The first-order valence-electron chi connectivity index (χ1n) is 8.09. The van der Waals surface area contributed by atoms with E-state index in [0.717, 1.165) is 0 Å². The Morgan fingerprint density at radius 2 is 1.83 bits per heavy atom. The number of nitrogens with one attached hydrogen (secondary N) is 1. The van der Waals surface area contributed by atoms with Gasteiger partial charge in [-0.05, 0) is 19.9 Å². The molecule has 2 aliphatic heterocycles. The first kappa shape index (κ1) is 17.4. The van der Waals surface area contributed by atoms with E-state index in [9.17, 15) is 13.2 Å². The lowest BCUT2D eigenvalue weighted by Crippen LogP contribution is -2.48. The van der Waals surface area contributed by atoms with Gasteiger partial charge in [0.2, 0.25) is 10.0 Å². The molecule has 0 bridgehead atoms. The minimum atomic E-state index is -3.60. The molecule has 2 atom stereocenters. The van der Waals surface area contributed by atoms with Crippen molar-refractivity contribution in [2.75, 3.05) is 39.4 Å². The first-order chi connectivity index (χ1) is 11.4. The summed E-state index contributed by atoms with van der Waals surface area (Å²) >= 11 is 0. The molecule has 1 amide bonds. The van der Waals surface area contributed by atoms with Gasteiger partial charge in [-0.15, -0.1) is 0 Å². The average molecular weight is 357 g/mol. The Labute approximate surface area is 141 Å². The van der Waals surface area contributed by atoms with Crippen LogP contribution in [-0.4, -0.2) is 80.1 Å². The van der Waals surface area contributed by atoms with Gasteiger partial charge in [0.1, 0.15) is 10.6 Å². The number of morpholine rings is 2. The molecule has 24 heavy (non-hydrogen) atoms. The zero-order valence-corrected chi connectivity index (χ0v) is 14.7. The van der Waals surface area contributed by atoms with E-state index in [-0.39, 0.29) is 28.7 Å². The Bertz CT molecular complexity index is 686. The van der Waals surface area contributed by atoms with Crippen molar-refractivity contribution >= 4 is 15.9 Å². The molecule has 3 heterocycles. The van der Waals surface area contributed by atoms with Crippen molar-refractivity contribution < 1.29 is 22.7 Å². The fourth-order valence-corrected chi connectivity index (χ4v) is 4.50. The van der Waals surface area contributed by atoms with E-state index in [1.807, 2.05) is 13.8 Å². The topological polar surface area (TPSA) is 91.9 Å². The monoisotopic (exact) mass is 357 g/mol. The number of nitrogens with zero attached hydrogens (tertiary/aromatic N) is 2. The van der Waals surface area contributed by atoms with Crippen LogP contribution in [0, 0.1) is 0 Å². The summed E-state index contributed by atoms with van der Waals surface area (Å²) in [6.07, 6.45) is 1.30. The van der Waals surface area contributed by atoms with Crippen LogP contribution in [0.25, 0.3) is 0 Å². The Kier molecular flexibility index (Phi) is 4.95. The van der Waals surface area contributed by atoms with E-state index in [4.69, 9.17) is 9.47 Å². The average Bonchev–Trinajstić information content (AvgIpc) is 3.05. The third-order valence-corrected chi connectivity index (χ3v) is 6.08. The van der Waals surface area contributed by atoms with Crippen LogP contribution in [0.1, 0.15) is 24.3 Å². The number of amides is 1. The van der Waals surface area contributed by atoms with E-state index in [1.54, 1.807) is 4.90 Å². The van der Waals surface area contributed by atoms with E-state index in [0.29, 0.717) is 39.4 Å². The third kappa shape index (κ3) is 3.49. The zero-order chi connectivity index (χ0) is 17.3. The SMILES string of the molecule is C[C@@H]1CN(C(=O)c2cc(S(=O)(=O)N3CCOCC3)c[nH]2)C[C@@H](C)O1. The Morgan fingerprint density at radius 1 is 1.21 bits per heavy atom. The lowest BCUT2D eigenvalue weighted by atomic mass is 10.2. The molecular weight excluding hydrogens is 334 g/mol. The Hall–Kier alpha value is -1.42. The lowest BCUT2D eigenvalue weighted by molar-refractivity contribution is -0.0587. The van der Waals surface area contributed by atoms with Gasteiger partial charge in [0.15, 0.2) is 0 Å². The van der Waals surface area contributed by atoms with E-state index in [2.05, 4.69) is 4.98 Å². The smallest absolute Gasteiger partial charge is 0.270 e. The molecule has 1 aromatic rings. The molecule has 0 aromatic carbocycles. The molecule has 0 radical (unpaired) electrons. The third-order valence-electron chi connectivity index (χ3n) is 4.20. The fourth-order valence-electron chi connectivity index (χ4n) is 3.10. The van der Waals surface area contributed by atoms with Crippen LogP contribution in [0.5, 0.6) is 0 Å². The molecule has 3 rings (SSSR count). The zero-order valence-electron chi connectivity index (χ0n) is 13.9. The van der Waals surface area contributed by atoms with Crippen molar-refractivity contribution in [1.82, 2.24) is 14.2 Å². The van der Waals surface area contributed by atoms with Crippen LogP contribution < -0.4 is 0 Å². The van der Waals surface area contributed by atoms with Crippen molar-refractivity contribution in [2.45, 2.75) is 31.0 Å². The number of hydrogen-bond donors (Lipinski definition) is 1. The second-order valence-corrected chi connectivity index (χ2v) is 8.17. The summed E-state index contributed by atoms with van der Waals surface area (Å²) in [5.41, 5.74) is 0.281. The van der Waals surface area contributed by atoms with Gasteiger partial charge in [-0.2, -0.15) is 4.31 Å². The largest absolute Gasteiger partial charge is 0.379 e. The summed E-state index contributed by atoms with van der Waals surface area (Å²) in [5, 5.41) is 0. The van der Waals surface area contributed by atoms with Gasteiger partial charge in [0, 0.05) is 32.4 Å². The van der Waals surface area contributed by atoms with Crippen molar-refractivity contribution in [3.63, 3.8) is 0 Å². The highest BCUT2D eigenvalue weighted by Crippen LogP contribution is 2.20. The number of carbonyl (C=O) groups is 1. The molecule has 2 saturated heterocycles. The lowest BCUT2D eigenvalue weighted by Gasteiger charge is -2.35. The van der Waals surface area contributed by atoms with Gasteiger partial charge in [0.05, 0.1) is 25.4 Å². The predicted octanol–water partition coefficient (Wildman–Crippen LogP) is 0.285. The minimum absolute atomic E-state index is 0.0378. The van der Waals surface area contributed by atoms with Crippen LogP contribution in [-0.2, 0) is 19.5 Å². The number of aromatic amines is 1. The molecule has 2 aliphatic rings. The maximum absolute atomic E-state index is 12.6. The van der Waals surface area contributed by atoms with Crippen LogP contribution in [0.2, 0.25) is 0 Å². The number of carbonyl (C=O) groups excluding carboxylic acids is 1. The van der Waals surface area contributed by atoms with Crippen molar-refractivity contribution in [1.29, 1.82) is 0 Å². The highest BCUT2D eigenvalue weighted by Gasteiger charge is 2.30. The summed E-state index contributed by atoms with van der Waals surface area (Å²) in [7, 11) is -3.60. The van der Waals surface area contributed by atoms with Crippen LogP contribution in [0.3, 0.4) is 0 Å². The van der Waals surface area contributed by atoms with Crippen molar-refractivity contribution in [3.8, 4) is 0 Å². The molecule has 9 heteroatoms. The maximum Gasteiger partial charge on any atom is 0.270 e. The van der Waals surface area contributed by atoms with Gasteiger partial charge >= 0.3 is 0 Å². The molecule has 8 nitrogen and oxygen atoms in total. The van der Waals surface area contributed by atoms with Crippen LogP contribution >= 0.6 is 0 Å². The summed E-state index contributed by atoms with van der Waals surface area (Å²) < 4.78 is 37.4. The van der Waals surface area contributed by atoms with Crippen molar-refractivity contribution in [3.05, 3.63) is 18.0 Å². The number of aromatic nitrogens is 1. The van der Waals surface area contributed by atoms with Gasteiger partial charge < -0.3 is 19.4 Å². The maximum atomic E-state index is 12.6. The highest BCUT2D eigenvalue weighted by molar-refractivity contribution is 7.89. The molecule has 134 valence electrons. The number of rotatable bonds is 3. The normalized spacial score (nSPS) is 26.5. The van der Waals surface area contributed by atoms with E-state index >= 15 is 0 Å². The van der Waals surface area contributed by atoms with Crippen LogP contribution in [0.15, 0.2) is 17.2 Å². The molecule has 1 aromatic heterocycles. The molecule has 0 spiro atoms. The molecule has 2 fully saturated rings. The molecule has 0 unspecified atom stereocenters. The predicted molar refractivity (Wildman–Crippen MR) is 86.3 cm³/mol. The van der Waals surface area contributed by atoms with Gasteiger partial charge in [-0.25, -0.2) is 8.42 Å². The Morgan fingerprint density at radius 3 is 2.46 bits per heavy atom. The molecule has 1 N–H and O–H groups in total. The second-order valence-electron chi connectivity index (χ2n) is 6.23. The first-order valence-corrected chi connectivity index (χ1v) is 9.53. The summed E-state index contributed by atoms with van der Waals surface area (Å²) in [5.74, 6) is -0.208. The summed E-state index contributed by atoms with van der Waals surface area (Å²) in [6, 6.07) is 1.41. The number of ether oxygens (including phenoxy) is 2. The van der Waals surface area contributed by atoms with E-state index in [1.165, 1.54) is 16.6 Å². The van der Waals surface area contributed by atoms with Crippen molar-refractivity contribution in [2.24, 2.45) is 0 Å². The number of hydrogen-bond acceptors (Lipinski definition) is 5.